The Morgan fingerprint density at radius 1 is 1.07 bits per heavy atom. The lowest BCUT2D eigenvalue weighted by molar-refractivity contribution is -0.664. The molecular formula is C20H14N4O4. The molecule has 0 amide bonds. The third-order valence-corrected chi connectivity index (χ3v) is 4.38. The zero-order chi connectivity index (χ0) is 19.7. The molecule has 0 aliphatic carbocycles. The molecular weight excluding hydrogens is 360 g/mol. The largest absolute Gasteiger partial charge is 0.870 e. The molecule has 8 heteroatoms. The zero-order valence-corrected chi connectivity index (χ0v) is 14.6. The maximum atomic E-state index is 12.9. The lowest BCUT2D eigenvalue weighted by Gasteiger charge is -2.10. The first-order valence-electron chi connectivity index (χ1n) is 8.45. The molecule has 8 nitrogen and oxygen atoms in total. The van der Waals surface area contributed by atoms with Gasteiger partial charge in [-0.3, -0.25) is 14.9 Å². The number of fused-ring (bicyclic) bond motifs is 1. The van der Waals surface area contributed by atoms with Gasteiger partial charge in [0.1, 0.15) is 5.35 Å². The maximum absolute atomic E-state index is 12.9. The minimum Gasteiger partial charge on any atom is -0.870 e. The SMILES string of the molecule is O=c1c([N+](=O)[O-])c/c(=C(/[O-])c2ccccc2)n2nc[n+](Cc3ccccc3)c12. The van der Waals surface area contributed by atoms with Crippen LogP contribution in [-0.2, 0) is 6.54 Å². The summed E-state index contributed by atoms with van der Waals surface area (Å²) in [5.74, 6) is -0.455. The van der Waals surface area contributed by atoms with Crippen LogP contribution in [0.1, 0.15) is 11.1 Å². The van der Waals surface area contributed by atoms with Crippen LogP contribution < -0.4 is 20.5 Å². The quantitative estimate of drug-likeness (QED) is 0.288. The second-order valence-electron chi connectivity index (χ2n) is 6.18. The summed E-state index contributed by atoms with van der Waals surface area (Å²) in [6, 6.07) is 18.7. The lowest BCUT2D eigenvalue weighted by Crippen LogP contribution is -2.40. The van der Waals surface area contributed by atoms with Crippen LogP contribution in [0.4, 0.5) is 5.69 Å². The van der Waals surface area contributed by atoms with E-state index in [0.29, 0.717) is 12.1 Å². The fraction of sp³-hybridized carbons (Fsp3) is 0.0500. The molecule has 0 N–H and O–H groups in total. The number of benzene rings is 2. The van der Waals surface area contributed by atoms with Crippen LogP contribution in [0.2, 0.25) is 0 Å². The Hall–Kier alpha value is -4.07. The molecule has 4 aromatic rings. The van der Waals surface area contributed by atoms with Gasteiger partial charge in [0.05, 0.1) is 17.5 Å². The Balaban J connectivity index is 2.04. The van der Waals surface area contributed by atoms with Crippen LogP contribution in [0.15, 0.2) is 77.9 Å². The van der Waals surface area contributed by atoms with E-state index in [1.54, 1.807) is 30.3 Å². The first-order chi connectivity index (χ1) is 13.6. The van der Waals surface area contributed by atoms with Crippen LogP contribution in [0.25, 0.3) is 11.4 Å². The van der Waals surface area contributed by atoms with Gasteiger partial charge in [0.25, 0.3) is 6.33 Å². The van der Waals surface area contributed by atoms with Crippen molar-refractivity contribution in [2.45, 2.75) is 6.54 Å². The zero-order valence-electron chi connectivity index (χ0n) is 14.6. The highest BCUT2D eigenvalue weighted by Crippen LogP contribution is 2.07. The van der Waals surface area contributed by atoms with Crippen molar-refractivity contribution in [2.75, 3.05) is 0 Å². The number of aromatic nitrogens is 3. The molecule has 2 heterocycles. The molecule has 0 saturated heterocycles. The summed E-state index contributed by atoms with van der Waals surface area (Å²) in [6.07, 6.45) is 1.40. The van der Waals surface area contributed by atoms with E-state index in [9.17, 15) is 20.0 Å². The van der Waals surface area contributed by atoms with E-state index in [1.165, 1.54) is 15.4 Å². The molecule has 0 atom stereocenters. The van der Waals surface area contributed by atoms with Gasteiger partial charge in [-0.15, -0.1) is 0 Å². The summed E-state index contributed by atoms with van der Waals surface area (Å²) in [5, 5.41) is 28.5. The molecule has 0 aliphatic rings. The Morgan fingerprint density at radius 3 is 2.36 bits per heavy atom. The van der Waals surface area contributed by atoms with Crippen LogP contribution in [-0.4, -0.2) is 14.5 Å². The summed E-state index contributed by atoms with van der Waals surface area (Å²) in [5.41, 5.74) is -0.236. The number of rotatable bonds is 4. The topological polar surface area (TPSA) is 104 Å². The molecule has 28 heavy (non-hydrogen) atoms. The molecule has 0 aliphatic heterocycles. The first-order valence-corrected chi connectivity index (χ1v) is 8.45. The maximum Gasteiger partial charge on any atom is 0.331 e. The van der Waals surface area contributed by atoms with Crippen LogP contribution in [0.5, 0.6) is 0 Å². The van der Waals surface area contributed by atoms with Crippen molar-refractivity contribution in [3.05, 3.63) is 110 Å². The van der Waals surface area contributed by atoms with Gasteiger partial charge in [-0.25, -0.2) is 4.57 Å². The highest BCUT2D eigenvalue weighted by molar-refractivity contribution is 5.58. The Bertz CT molecular complexity index is 1280. The number of pyridine rings is 1. The molecule has 4 rings (SSSR count). The van der Waals surface area contributed by atoms with Crippen LogP contribution >= 0.6 is 0 Å². The summed E-state index contributed by atoms with van der Waals surface area (Å²) in [4.78, 5) is 23.4. The predicted octanol–water partition coefficient (Wildman–Crippen LogP) is 0.174. The molecule has 2 aromatic heterocycles. The fourth-order valence-corrected chi connectivity index (χ4v) is 3.05. The van der Waals surface area contributed by atoms with E-state index >= 15 is 0 Å². The average molecular weight is 374 g/mol. The van der Waals surface area contributed by atoms with Gasteiger partial charge >= 0.3 is 16.8 Å². The van der Waals surface area contributed by atoms with E-state index in [-0.39, 0.29) is 11.0 Å². The van der Waals surface area contributed by atoms with E-state index in [1.807, 2.05) is 30.3 Å². The average Bonchev–Trinajstić information content (AvgIpc) is 3.13. The van der Waals surface area contributed by atoms with Gasteiger partial charge in [-0.1, -0.05) is 70.9 Å². The van der Waals surface area contributed by atoms with Crippen molar-refractivity contribution in [3.63, 3.8) is 0 Å². The van der Waals surface area contributed by atoms with Gasteiger partial charge in [-0.05, 0) is 11.1 Å². The number of nitro groups is 1. The first kappa shape index (κ1) is 17.3. The minimum atomic E-state index is -0.789. The monoisotopic (exact) mass is 374 g/mol. The molecule has 0 fully saturated rings. The molecule has 138 valence electrons. The standard InChI is InChI=1S/C20H14N4O4/c25-18(15-9-5-2-6-10-15)16-11-17(24(27)28)19(26)20-22(13-21-23(16)20)12-14-7-3-1-4-8-14/h1-11,13H,12H2. The van der Waals surface area contributed by atoms with Crippen molar-refractivity contribution in [2.24, 2.45) is 0 Å². The Labute approximate surface area is 158 Å². The van der Waals surface area contributed by atoms with E-state index in [4.69, 9.17) is 0 Å². The van der Waals surface area contributed by atoms with Crippen molar-refractivity contribution >= 4 is 17.1 Å². The smallest absolute Gasteiger partial charge is 0.331 e. The Kier molecular flexibility index (Phi) is 4.29. The molecule has 0 bridgehead atoms. The third-order valence-electron chi connectivity index (χ3n) is 4.38. The molecule has 2 aromatic carbocycles. The summed E-state index contributed by atoms with van der Waals surface area (Å²) in [7, 11) is 0. The predicted molar refractivity (Wildman–Crippen MR) is 98.0 cm³/mol. The lowest BCUT2D eigenvalue weighted by atomic mass is 10.1. The summed E-state index contributed by atoms with van der Waals surface area (Å²) >= 11 is 0. The summed E-state index contributed by atoms with van der Waals surface area (Å²) in [6.45, 7) is 0.291. The van der Waals surface area contributed by atoms with Gasteiger partial charge in [0.15, 0.2) is 0 Å². The van der Waals surface area contributed by atoms with E-state index < -0.39 is 21.8 Å². The number of hydrogen-bond acceptors (Lipinski definition) is 5. The highest BCUT2D eigenvalue weighted by Gasteiger charge is 2.25. The number of nitrogens with zero attached hydrogens (tertiary/aromatic N) is 4. The molecule has 0 radical (unpaired) electrons. The molecule has 0 spiro atoms. The molecule has 0 unspecified atom stereocenters. The van der Waals surface area contributed by atoms with Gasteiger partial charge in [-0.2, -0.15) is 0 Å². The van der Waals surface area contributed by atoms with Gasteiger partial charge in [0, 0.05) is 5.10 Å². The fourth-order valence-electron chi connectivity index (χ4n) is 3.05. The van der Waals surface area contributed by atoms with Crippen molar-refractivity contribution in [1.82, 2.24) is 9.61 Å². The molecule has 0 saturated carbocycles. The highest BCUT2D eigenvalue weighted by atomic mass is 16.6. The second kappa shape index (κ2) is 6.92. The second-order valence-corrected chi connectivity index (χ2v) is 6.18. The van der Waals surface area contributed by atoms with Crippen LogP contribution in [0.3, 0.4) is 0 Å². The van der Waals surface area contributed by atoms with Crippen LogP contribution in [0, 0.1) is 10.1 Å². The van der Waals surface area contributed by atoms with Crippen molar-refractivity contribution < 1.29 is 14.6 Å². The van der Waals surface area contributed by atoms with E-state index in [0.717, 1.165) is 11.6 Å². The number of hydrogen-bond donors (Lipinski definition) is 0. The Morgan fingerprint density at radius 2 is 1.71 bits per heavy atom. The summed E-state index contributed by atoms with van der Waals surface area (Å²) < 4.78 is 2.68. The van der Waals surface area contributed by atoms with Gasteiger partial charge < -0.3 is 5.11 Å². The van der Waals surface area contributed by atoms with Crippen molar-refractivity contribution in [1.29, 1.82) is 0 Å². The minimum absolute atomic E-state index is 0.0302. The normalized spacial score (nSPS) is 12.1. The third kappa shape index (κ3) is 2.96. The van der Waals surface area contributed by atoms with Crippen molar-refractivity contribution in [3.8, 4) is 0 Å². The van der Waals surface area contributed by atoms with E-state index in [2.05, 4.69) is 5.10 Å². The van der Waals surface area contributed by atoms with Gasteiger partial charge in [0.2, 0.25) is 0 Å².